The van der Waals surface area contributed by atoms with Crippen LogP contribution in [0.25, 0.3) is 0 Å². The molecule has 1 aromatic rings. The average Bonchev–Trinajstić information content (AvgIpc) is 3.02. The first-order valence-corrected chi connectivity index (χ1v) is 9.64. The van der Waals surface area contributed by atoms with E-state index in [-0.39, 0.29) is 17.9 Å². The molecule has 1 aliphatic carbocycles. The van der Waals surface area contributed by atoms with Crippen LogP contribution < -0.4 is 5.32 Å². The van der Waals surface area contributed by atoms with Crippen LogP contribution >= 0.6 is 0 Å². The average molecular weight is 359 g/mol. The Bertz CT molecular complexity index is 622. The molecule has 2 fully saturated rings. The lowest BCUT2D eigenvalue weighted by atomic mass is 9.77. The smallest absolute Gasteiger partial charge is 0.222 e. The van der Waals surface area contributed by atoms with Crippen molar-refractivity contribution in [2.75, 3.05) is 13.1 Å². The summed E-state index contributed by atoms with van der Waals surface area (Å²) in [6, 6.07) is 3.83. The second-order valence-corrected chi connectivity index (χ2v) is 7.73. The number of likely N-dealkylation sites (tertiary alicyclic amines) is 1. The standard InChI is InChI=1S/C20H29N3O3/c1-14(24)22-18-9-16-12-23(13-17(16)10-19(18)25)20(26)7-3-2-5-15-6-4-8-21-11-15/h4,6,8,11,16-19,25H,2-3,5,7,9-10,12-13H2,1H3,(H,22,24)/t16-,17+,18-,19-/m1/s1. The first kappa shape index (κ1) is 18.8. The number of carbonyl (C=O) groups excluding carboxylic acids is 2. The molecule has 1 aliphatic heterocycles. The highest BCUT2D eigenvalue weighted by molar-refractivity contribution is 5.76. The summed E-state index contributed by atoms with van der Waals surface area (Å²) in [6.45, 7) is 2.99. The van der Waals surface area contributed by atoms with Gasteiger partial charge in [-0.15, -0.1) is 0 Å². The number of unbranched alkanes of at least 4 members (excludes halogenated alkanes) is 1. The van der Waals surface area contributed by atoms with E-state index in [4.69, 9.17) is 0 Å². The largest absolute Gasteiger partial charge is 0.391 e. The molecule has 2 aliphatic rings. The molecule has 26 heavy (non-hydrogen) atoms. The highest BCUT2D eigenvalue weighted by atomic mass is 16.3. The van der Waals surface area contributed by atoms with E-state index in [2.05, 4.69) is 16.4 Å². The molecule has 3 rings (SSSR count). The van der Waals surface area contributed by atoms with Crippen LogP contribution in [0.3, 0.4) is 0 Å². The zero-order valence-corrected chi connectivity index (χ0v) is 15.4. The van der Waals surface area contributed by atoms with Crippen molar-refractivity contribution < 1.29 is 14.7 Å². The second kappa shape index (κ2) is 8.62. The molecule has 1 saturated carbocycles. The quantitative estimate of drug-likeness (QED) is 0.755. The summed E-state index contributed by atoms with van der Waals surface area (Å²) in [5, 5.41) is 13.1. The van der Waals surface area contributed by atoms with Crippen LogP contribution in [0.1, 0.15) is 44.6 Å². The van der Waals surface area contributed by atoms with Gasteiger partial charge in [-0.05, 0) is 55.6 Å². The summed E-state index contributed by atoms with van der Waals surface area (Å²) < 4.78 is 0. The monoisotopic (exact) mass is 359 g/mol. The Morgan fingerprint density at radius 3 is 2.73 bits per heavy atom. The van der Waals surface area contributed by atoms with Crippen molar-refractivity contribution in [3.05, 3.63) is 30.1 Å². The first-order chi connectivity index (χ1) is 12.5. The summed E-state index contributed by atoms with van der Waals surface area (Å²) in [5.41, 5.74) is 1.21. The number of aryl methyl sites for hydroxylation is 1. The third kappa shape index (κ3) is 4.81. The van der Waals surface area contributed by atoms with Crippen molar-refractivity contribution >= 4 is 11.8 Å². The number of hydrogen-bond donors (Lipinski definition) is 2. The van der Waals surface area contributed by atoms with Gasteiger partial charge in [0.25, 0.3) is 0 Å². The lowest BCUT2D eigenvalue weighted by Gasteiger charge is -2.35. The van der Waals surface area contributed by atoms with Crippen molar-refractivity contribution in [2.45, 2.75) is 57.6 Å². The van der Waals surface area contributed by atoms with E-state index < -0.39 is 6.10 Å². The van der Waals surface area contributed by atoms with Crippen molar-refractivity contribution in [2.24, 2.45) is 11.8 Å². The fourth-order valence-electron chi connectivity index (χ4n) is 4.36. The highest BCUT2D eigenvalue weighted by Gasteiger charge is 2.42. The second-order valence-electron chi connectivity index (χ2n) is 7.73. The predicted octanol–water partition coefficient (Wildman–Crippen LogP) is 1.53. The van der Waals surface area contributed by atoms with Gasteiger partial charge in [0.2, 0.25) is 11.8 Å². The number of amides is 2. The number of fused-ring (bicyclic) bond motifs is 1. The van der Waals surface area contributed by atoms with Crippen LogP contribution in [0.4, 0.5) is 0 Å². The number of pyridine rings is 1. The molecular weight excluding hydrogens is 330 g/mol. The molecule has 4 atom stereocenters. The molecule has 6 heteroatoms. The van der Waals surface area contributed by atoms with E-state index in [0.29, 0.717) is 24.7 Å². The molecule has 2 N–H and O–H groups in total. The lowest BCUT2D eigenvalue weighted by molar-refractivity contribution is -0.130. The molecule has 0 aromatic carbocycles. The van der Waals surface area contributed by atoms with E-state index in [1.54, 1.807) is 6.20 Å². The zero-order chi connectivity index (χ0) is 18.5. The third-order valence-corrected chi connectivity index (χ3v) is 5.71. The van der Waals surface area contributed by atoms with E-state index >= 15 is 0 Å². The predicted molar refractivity (Wildman–Crippen MR) is 98.2 cm³/mol. The number of aliphatic hydroxyl groups is 1. The van der Waals surface area contributed by atoms with E-state index in [0.717, 1.165) is 38.8 Å². The highest BCUT2D eigenvalue weighted by Crippen LogP contribution is 2.36. The number of nitrogens with zero attached hydrogens (tertiary/aromatic N) is 2. The minimum absolute atomic E-state index is 0.105. The van der Waals surface area contributed by atoms with Gasteiger partial charge >= 0.3 is 0 Å². The van der Waals surface area contributed by atoms with Gasteiger partial charge in [0, 0.05) is 38.8 Å². The summed E-state index contributed by atoms with van der Waals surface area (Å²) in [4.78, 5) is 29.9. The third-order valence-electron chi connectivity index (χ3n) is 5.71. The van der Waals surface area contributed by atoms with E-state index in [9.17, 15) is 14.7 Å². The summed E-state index contributed by atoms with van der Waals surface area (Å²) >= 11 is 0. The van der Waals surface area contributed by atoms with E-state index in [1.165, 1.54) is 12.5 Å². The summed E-state index contributed by atoms with van der Waals surface area (Å²) in [7, 11) is 0. The Labute approximate surface area is 155 Å². The molecule has 1 saturated heterocycles. The van der Waals surface area contributed by atoms with Crippen LogP contribution in [0.15, 0.2) is 24.5 Å². The molecule has 0 unspecified atom stereocenters. The molecule has 2 heterocycles. The fourth-order valence-corrected chi connectivity index (χ4v) is 4.36. The van der Waals surface area contributed by atoms with Gasteiger partial charge in [0.15, 0.2) is 0 Å². The minimum atomic E-state index is -0.505. The Kier molecular flexibility index (Phi) is 6.25. The topological polar surface area (TPSA) is 82.5 Å². The first-order valence-electron chi connectivity index (χ1n) is 9.64. The Morgan fingerprint density at radius 2 is 2.04 bits per heavy atom. The molecule has 6 nitrogen and oxygen atoms in total. The summed E-state index contributed by atoms with van der Waals surface area (Å²) in [5.74, 6) is 0.854. The lowest BCUT2D eigenvalue weighted by Crippen LogP contribution is -2.48. The normalized spacial score (nSPS) is 27.8. The van der Waals surface area contributed by atoms with Crippen LogP contribution in [-0.4, -0.2) is 52.0 Å². The maximum Gasteiger partial charge on any atom is 0.222 e. The molecular formula is C20H29N3O3. The Morgan fingerprint density at radius 1 is 1.27 bits per heavy atom. The van der Waals surface area contributed by atoms with Gasteiger partial charge in [0.1, 0.15) is 0 Å². The van der Waals surface area contributed by atoms with Gasteiger partial charge in [-0.1, -0.05) is 6.07 Å². The number of aliphatic hydroxyl groups excluding tert-OH is 1. The molecule has 0 bridgehead atoms. The number of carbonyl (C=O) groups is 2. The molecule has 1 aromatic heterocycles. The number of nitrogens with one attached hydrogen (secondary N) is 1. The van der Waals surface area contributed by atoms with Gasteiger partial charge < -0.3 is 15.3 Å². The van der Waals surface area contributed by atoms with Crippen LogP contribution in [-0.2, 0) is 16.0 Å². The van der Waals surface area contributed by atoms with Gasteiger partial charge in [-0.25, -0.2) is 0 Å². The van der Waals surface area contributed by atoms with Gasteiger partial charge in [0.05, 0.1) is 12.1 Å². The molecule has 0 radical (unpaired) electrons. The molecule has 2 amide bonds. The van der Waals surface area contributed by atoms with Crippen molar-refractivity contribution in [3.63, 3.8) is 0 Å². The van der Waals surface area contributed by atoms with E-state index in [1.807, 2.05) is 17.2 Å². The van der Waals surface area contributed by atoms with Gasteiger partial charge in [-0.2, -0.15) is 0 Å². The summed E-state index contributed by atoms with van der Waals surface area (Å²) in [6.07, 6.45) is 7.98. The fraction of sp³-hybridized carbons (Fsp3) is 0.650. The van der Waals surface area contributed by atoms with Crippen LogP contribution in [0.5, 0.6) is 0 Å². The van der Waals surface area contributed by atoms with Crippen molar-refractivity contribution in [1.82, 2.24) is 15.2 Å². The van der Waals surface area contributed by atoms with Crippen LogP contribution in [0, 0.1) is 11.8 Å². The Hall–Kier alpha value is -1.95. The molecule has 142 valence electrons. The number of hydrogen-bond acceptors (Lipinski definition) is 4. The zero-order valence-electron chi connectivity index (χ0n) is 15.4. The van der Waals surface area contributed by atoms with Crippen molar-refractivity contribution in [1.29, 1.82) is 0 Å². The van der Waals surface area contributed by atoms with Gasteiger partial charge in [-0.3, -0.25) is 14.6 Å². The SMILES string of the molecule is CC(=O)N[C@@H]1C[C@@H]2CN(C(=O)CCCCc3cccnc3)C[C@@H]2C[C@H]1O. The van der Waals surface area contributed by atoms with Crippen molar-refractivity contribution in [3.8, 4) is 0 Å². The Balaban J connectivity index is 1.42. The minimum Gasteiger partial charge on any atom is -0.391 e. The molecule has 0 spiro atoms. The maximum absolute atomic E-state index is 12.5. The number of aromatic nitrogens is 1. The van der Waals surface area contributed by atoms with Crippen LogP contribution in [0.2, 0.25) is 0 Å². The number of rotatable bonds is 6. The maximum atomic E-state index is 12.5.